The normalized spacial score (nSPS) is 18.4. The van der Waals surface area contributed by atoms with Gasteiger partial charge in [-0.15, -0.1) is 0 Å². The maximum atomic E-state index is 13.2. The Hall–Kier alpha value is -3.62. The zero-order chi connectivity index (χ0) is 19.3. The van der Waals surface area contributed by atoms with Gasteiger partial charge in [-0.2, -0.15) is 10.1 Å². The molecule has 0 unspecified atom stereocenters. The van der Waals surface area contributed by atoms with E-state index in [9.17, 15) is 9.18 Å². The molecule has 1 saturated carbocycles. The van der Waals surface area contributed by atoms with Gasteiger partial charge in [0.2, 0.25) is 11.7 Å². The number of hydrogen-bond donors (Lipinski definition) is 1. The van der Waals surface area contributed by atoms with E-state index in [1.807, 2.05) is 19.1 Å². The predicted molar refractivity (Wildman–Crippen MR) is 97.7 cm³/mol. The number of amides is 1. The summed E-state index contributed by atoms with van der Waals surface area (Å²) >= 11 is 0. The van der Waals surface area contributed by atoms with Crippen LogP contribution in [0, 0.1) is 6.92 Å². The Labute approximate surface area is 158 Å². The molecule has 5 rings (SSSR count). The van der Waals surface area contributed by atoms with E-state index < -0.39 is 6.17 Å². The summed E-state index contributed by atoms with van der Waals surface area (Å²) in [6, 6.07) is 7.18. The van der Waals surface area contributed by atoms with Crippen LogP contribution in [-0.2, 0) is 0 Å². The maximum Gasteiger partial charge on any atom is 0.261 e. The third-order valence-corrected chi connectivity index (χ3v) is 4.74. The highest BCUT2D eigenvalue weighted by Crippen LogP contribution is 2.43. The SMILES string of the molecule is Cc1ccc(-c2noc([C@H]3C[C@@H]3F)n2)cc1NC(=O)c1cnn2cccnc12. The van der Waals surface area contributed by atoms with Crippen molar-refractivity contribution in [1.29, 1.82) is 0 Å². The molecular weight excluding hydrogens is 363 g/mol. The first-order valence-electron chi connectivity index (χ1n) is 8.78. The number of anilines is 1. The monoisotopic (exact) mass is 378 g/mol. The van der Waals surface area contributed by atoms with Crippen molar-refractivity contribution in [2.45, 2.75) is 25.4 Å². The van der Waals surface area contributed by atoms with Crippen LogP contribution in [0.2, 0.25) is 0 Å². The molecule has 1 N–H and O–H groups in total. The zero-order valence-corrected chi connectivity index (χ0v) is 14.8. The van der Waals surface area contributed by atoms with Crippen LogP contribution in [0.3, 0.4) is 0 Å². The number of halogens is 1. The molecule has 0 saturated heterocycles. The first kappa shape index (κ1) is 16.5. The number of carbonyl (C=O) groups is 1. The molecule has 4 aromatic rings. The molecule has 140 valence electrons. The van der Waals surface area contributed by atoms with Crippen molar-refractivity contribution in [3.63, 3.8) is 0 Å². The summed E-state index contributed by atoms with van der Waals surface area (Å²) in [5.74, 6) is 0.0586. The Bertz CT molecular complexity index is 1200. The molecule has 3 heterocycles. The van der Waals surface area contributed by atoms with Crippen molar-refractivity contribution >= 4 is 17.2 Å². The van der Waals surface area contributed by atoms with Gasteiger partial charge in [-0.1, -0.05) is 17.3 Å². The van der Waals surface area contributed by atoms with Gasteiger partial charge >= 0.3 is 0 Å². The summed E-state index contributed by atoms with van der Waals surface area (Å²) in [6.45, 7) is 1.88. The van der Waals surface area contributed by atoms with Crippen molar-refractivity contribution in [3.05, 3.63) is 59.9 Å². The van der Waals surface area contributed by atoms with Gasteiger partial charge in [0.05, 0.1) is 12.1 Å². The number of fused-ring (bicyclic) bond motifs is 1. The number of rotatable bonds is 4. The van der Waals surface area contributed by atoms with Crippen LogP contribution in [0.4, 0.5) is 10.1 Å². The third-order valence-electron chi connectivity index (χ3n) is 4.74. The van der Waals surface area contributed by atoms with E-state index in [1.165, 1.54) is 10.7 Å². The van der Waals surface area contributed by atoms with Crippen molar-refractivity contribution in [2.24, 2.45) is 0 Å². The fourth-order valence-corrected chi connectivity index (χ4v) is 3.00. The molecule has 0 radical (unpaired) electrons. The smallest absolute Gasteiger partial charge is 0.261 e. The summed E-state index contributed by atoms with van der Waals surface area (Å²) in [5.41, 5.74) is 3.00. The van der Waals surface area contributed by atoms with Crippen LogP contribution in [0.25, 0.3) is 17.0 Å². The molecule has 3 aromatic heterocycles. The summed E-state index contributed by atoms with van der Waals surface area (Å²) < 4.78 is 19.9. The van der Waals surface area contributed by atoms with E-state index in [2.05, 4.69) is 25.5 Å². The van der Waals surface area contributed by atoms with E-state index >= 15 is 0 Å². The van der Waals surface area contributed by atoms with Gasteiger partial charge < -0.3 is 9.84 Å². The Balaban J connectivity index is 1.43. The number of benzene rings is 1. The predicted octanol–water partition coefficient (Wildman–Crippen LogP) is 3.17. The second-order valence-corrected chi connectivity index (χ2v) is 6.74. The van der Waals surface area contributed by atoms with E-state index in [0.717, 1.165) is 5.56 Å². The molecule has 1 amide bonds. The quantitative estimate of drug-likeness (QED) is 0.586. The van der Waals surface area contributed by atoms with E-state index in [4.69, 9.17) is 4.52 Å². The van der Waals surface area contributed by atoms with Crippen LogP contribution in [0.15, 0.2) is 47.4 Å². The highest BCUT2D eigenvalue weighted by atomic mass is 19.1. The van der Waals surface area contributed by atoms with Crippen LogP contribution >= 0.6 is 0 Å². The maximum absolute atomic E-state index is 13.2. The first-order valence-corrected chi connectivity index (χ1v) is 8.78. The highest BCUT2D eigenvalue weighted by molar-refractivity contribution is 6.08. The molecule has 0 bridgehead atoms. The van der Waals surface area contributed by atoms with Gasteiger partial charge in [-0.25, -0.2) is 13.9 Å². The molecule has 1 aromatic carbocycles. The lowest BCUT2D eigenvalue weighted by Crippen LogP contribution is -2.13. The van der Waals surface area contributed by atoms with E-state index in [0.29, 0.717) is 40.6 Å². The van der Waals surface area contributed by atoms with Crippen molar-refractivity contribution < 1.29 is 13.7 Å². The third kappa shape index (κ3) is 2.81. The molecule has 9 heteroatoms. The number of aryl methyl sites for hydroxylation is 1. The molecule has 1 fully saturated rings. The Morgan fingerprint density at radius 2 is 2.25 bits per heavy atom. The van der Waals surface area contributed by atoms with Crippen molar-refractivity contribution in [1.82, 2.24) is 24.7 Å². The lowest BCUT2D eigenvalue weighted by Gasteiger charge is -2.09. The topological polar surface area (TPSA) is 98.2 Å². The van der Waals surface area contributed by atoms with Crippen molar-refractivity contribution in [2.75, 3.05) is 5.32 Å². The summed E-state index contributed by atoms with van der Waals surface area (Å²) in [4.78, 5) is 21.2. The first-order chi connectivity index (χ1) is 13.6. The lowest BCUT2D eigenvalue weighted by atomic mass is 10.1. The van der Waals surface area contributed by atoms with Crippen LogP contribution < -0.4 is 5.32 Å². The standard InChI is InChI=1S/C19H15FN6O2/c1-10-3-4-11(16-24-19(28-25-16)12-8-14(12)20)7-15(10)23-18(27)13-9-22-26-6-2-5-21-17(13)26/h2-7,9,12,14H,8H2,1H3,(H,23,27)/t12-,14-/m0/s1. The molecule has 1 aliphatic carbocycles. The van der Waals surface area contributed by atoms with Gasteiger partial charge in [0, 0.05) is 23.6 Å². The molecule has 1 aliphatic rings. The highest BCUT2D eigenvalue weighted by Gasteiger charge is 2.43. The Morgan fingerprint density at radius 3 is 3.07 bits per heavy atom. The van der Waals surface area contributed by atoms with E-state index in [1.54, 1.807) is 24.5 Å². The second-order valence-electron chi connectivity index (χ2n) is 6.74. The minimum Gasteiger partial charge on any atom is -0.339 e. The summed E-state index contributed by atoms with van der Waals surface area (Å²) in [7, 11) is 0. The number of hydrogen-bond acceptors (Lipinski definition) is 6. The number of carbonyl (C=O) groups excluding carboxylic acids is 1. The molecule has 8 nitrogen and oxygen atoms in total. The number of aromatic nitrogens is 5. The fourth-order valence-electron chi connectivity index (χ4n) is 3.00. The molecule has 2 atom stereocenters. The Morgan fingerprint density at radius 1 is 1.39 bits per heavy atom. The van der Waals surface area contributed by atoms with Gasteiger partial charge in [-0.3, -0.25) is 4.79 Å². The van der Waals surface area contributed by atoms with Gasteiger partial charge in [0.1, 0.15) is 11.7 Å². The van der Waals surface area contributed by atoms with Gasteiger partial charge in [0.25, 0.3) is 5.91 Å². The van der Waals surface area contributed by atoms with Crippen LogP contribution in [-0.4, -0.2) is 36.8 Å². The lowest BCUT2D eigenvalue weighted by molar-refractivity contribution is 0.102. The van der Waals surface area contributed by atoms with Gasteiger partial charge in [0.15, 0.2) is 5.65 Å². The average Bonchev–Trinajstić information content (AvgIpc) is 3.12. The average molecular weight is 378 g/mol. The molecule has 0 aliphatic heterocycles. The zero-order valence-electron chi connectivity index (χ0n) is 14.8. The van der Waals surface area contributed by atoms with E-state index in [-0.39, 0.29) is 11.8 Å². The Kier molecular flexibility index (Phi) is 3.68. The summed E-state index contributed by atoms with van der Waals surface area (Å²) in [6.07, 6.45) is 4.33. The number of nitrogens with one attached hydrogen (secondary N) is 1. The fraction of sp³-hybridized carbons (Fsp3) is 0.211. The van der Waals surface area contributed by atoms with Gasteiger partial charge in [-0.05, 0) is 31.0 Å². The second kappa shape index (κ2) is 6.22. The minimum atomic E-state index is -0.902. The number of alkyl halides is 1. The molecule has 0 spiro atoms. The number of nitrogens with zero attached hydrogens (tertiary/aromatic N) is 5. The van der Waals surface area contributed by atoms with Crippen LogP contribution in [0.1, 0.15) is 34.2 Å². The van der Waals surface area contributed by atoms with Crippen LogP contribution in [0.5, 0.6) is 0 Å². The summed E-state index contributed by atoms with van der Waals surface area (Å²) in [5, 5.41) is 10.9. The minimum absolute atomic E-state index is 0.297. The van der Waals surface area contributed by atoms with Crippen molar-refractivity contribution in [3.8, 4) is 11.4 Å². The molecule has 28 heavy (non-hydrogen) atoms. The largest absolute Gasteiger partial charge is 0.339 e. The molecular formula is C19H15FN6O2.